The fourth-order valence-corrected chi connectivity index (χ4v) is 1.23. The molecule has 16 heavy (non-hydrogen) atoms. The van der Waals surface area contributed by atoms with Crippen LogP contribution in [0.25, 0.3) is 6.08 Å². The molecule has 0 saturated carbocycles. The second-order valence-electron chi connectivity index (χ2n) is 3.12. The van der Waals surface area contributed by atoms with Gasteiger partial charge in [0, 0.05) is 12.2 Å². The van der Waals surface area contributed by atoms with Crippen LogP contribution < -0.4 is 0 Å². The summed E-state index contributed by atoms with van der Waals surface area (Å²) in [6.45, 7) is 0.00874. The van der Waals surface area contributed by atoms with Crippen LogP contribution in [0.3, 0.4) is 0 Å². The van der Waals surface area contributed by atoms with Crippen molar-refractivity contribution in [1.29, 1.82) is 0 Å². The van der Waals surface area contributed by atoms with Crippen molar-refractivity contribution in [2.75, 3.05) is 13.7 Å². The second kappa shape index (κ2) is 6.02. The van der Waals surface area contributed by atoms with E-state index in [4.69, 9.17) is 5.11 Å². The van der Waals surface area contributed by atoms with Crippen molar-refractivity contribution in [1.82, 2.24) is 0 Å². The van der Waals surface area contributed by atoms with Crippen molar-refractivity contribution in [3.8, 4) is 0 Å². The van der Waals surface area contributed by atoms with Crippen LogP contribution in [-0.2, 0) is 4.74 Å². The van der Waals surface area contributed by atoms with E-state index in [1.54, 1.807) is 18.2 Å². The highest BCUT2D eigenvalue weighted by atomic mass is 19.1. The molecule has 0 aliphatic carbocycles. The molecule has 0 radical (unpaired) electrons. The molecular weight excluding hydrogens is 211 g/mol. The molecule has 1 aromatic rings. The summed E-state index contributed by atoms with van der Waals surface area (Å²) in [4.78, 5) is 11.2. The standard InChI is InChI=1S/C12H13FO3/c1-16-12(15)10-7-4-6-9(11(10)13)5-2-3-8-14/h2,4-7,14H,3,8H2,1H3. The Morgan fingerprint density at radius 3 is 2.94 bits per heavy atom. The van der Waals surface area contributed by atoms with Gasteiger partial charge in [0.25, 0.3) is 0 Å². The number of benzene rings is 1. The van der Waals surface area contributed by atoms with Crippen molar-refractivity contribution < 1.29 is 19.0 Å². The van der Waals surface area contributed by atoms with Gasteiger partial charge in [-0.25, -0.2) is 9.18 Å². The van der Waals surface area contributed by atoms with Gasteiger partial charge in [0.05, 0.1) is 12.7 Å². The van der Waals surface area contributed by atoms with Crippen LogP contribution in [-0.4, -0.2) is 24.8 Å². The molecule has 1 rings (SSSR count). The minimum atomic E-state index is -0.699. The number of carbonyl (C=O) groups excluding carboxylic acids is 1. The maximum absolute atomic E-state index is 13.7. The van der Waals surface area contributed by atoms with Crippen molar-refractivity contribution in [2.24, 2.45) is 0 Å². The summed E-state index contributed by atoms with van der Waals surface area (Å²) in [7, 11) is 1.20. The third kappa shape index (κ3) is 2.90. The van der Waals surface area contributed by atoms with E-state index in [0.717, 1.165) is 0 Å². The number of hydrogen-bond donors (Lipinski definition) is 1. The van der Waals surface area contributed by atoms with Crippen LogP contribution >= 0.6 is 0 Å². The number of aliphatic hydroxyl groups is 1. The molecule has 86 valence electrons. The molecule has 0 heterocycles. The van der Waals surface area contributed by atoms with Gasteiger partial charge < -0.3 is 9.84 Å². The molecule has 1 N–H and O–H groups in total. The zero-order valence-corrected chi connectivity index (χ0v) is 8.94. The summed E-state index contributed by atoms with van der Waals surface area (Å²) in [6, 6.07) is 4.49. The lowest BCUT2D eigenvalue weighted by atomic mass is 10.1. The normalized spacial score (nSPS) is 10.7. The number of esters is 1. The molecule has 0 bridgehead atoms. The molecule has 0 amide bonds. The van der Waals surface area contributed by atoms with Gasteiger partial charge in [-0.05, 0) is 12.5 Å². The molecule has 3 nitrogen and oxygen atoms in total. The molecule has 0 aliphatic heterocycles. The molecule has 0 aliphatic rings. The summed E-state index contributed by atoms with van der Waals surface area (Å²) < 4.78 is 18.2. The Kier molecular flexibility index (Phi) is 4.66. The summed E-state index contributed by atoms with van der Waals surface area (Å²) in [6.07, 6.45) is 3.61. The number of aliphatic hydroxyl groups excluding tert-OH is 1. The van der Waals surface area contributed by atoms with E-state index >= 15 is 0 Å². The van der Waals surface area contributed by atoms with Gasteiger partial charge >= 0.3 is 5.97 Å². The molecule has 0 atom stereocenters. The lowest BCUT2D eigenvalue weighted by Crippen LogP contribution is -2.05. The zero-order chi connectivity index (χ0) is 12.0. The van der Waals surface area contributed by atoms with E-state index in [9.17, 15) is 9.18 Å². The first-order chi connectivity index (χ1) is 7.70. The number of carbonyl (C=O) groups is 1. The lowest BCUT2D eigenvalue weighted by Gasteiger charge is -2.03. The molecule has 1 aromatic carbocycles. The molecule has 0 saturated heterocycles. The molecule has 0 spiro atoms. The Balaban J connectivity index is 2.99. The van der Waals surface area contributed by atoms with Gasteiger partial charge in [-0.15, -0.1) is 0 Å². The minimum Gasteiger partial charge on any atom is -0.465 e. The smallest absolute Gasteiger partial charge is 0.340 e. The predicted octanol–water partition coefficient (Wildman–Crippen LogP) is 2.01. The average Bonchev–Trinajstić information content (AvgIpc) is 2.30. The molecule has 0 aromatic heterocycles. The number of methoxy groups -OCH3 is 1. The van der Waals surface area contributed by atoms with E-state index in [0.29, 0.717) is 12.0 Å². The van der Waals surface area contributed by atoms with Gasteiger partial charge in [0.15, 0.2) is 0 Å². The predicted molar refractivity (Wildman–Crippen MR) is 58.5 cm³/mol. The molecule has 0 fully saturated rings. The summed E-state index contributed by atoms with van der Waals surface area (Å²) in [5, 5.41) is 8.58. The highest BCUT2D eigenvalue weighted by Crippen LogP contribution is 2.15. The quantitative estimate of drug-likeness (QED) is 0.796. The second-order valence-corrected chi connectivity index (χ2v) is 3.12. The van der Waals surface area contributed by atoms with Gasteiger partial charge in [0.1, 0.15) is 5.82 Å². The van der Waals surface area contributed by atoms with Crippen molar-refractivity contribution >= 4 is 12.0 Å². The monoisotopic (exact) mass is 224 g/mol. The molecule has 4 heteroatoms. The highest BCUT2D eigenvalue weighted by Gasteiger charge is 2.13. The molecular formula is C12H13FO3. The summed E-state index contributed by atoms with van der Waals surface area (Å²) in [5.74, 6) is -1.31. The minimum absolute atomic E-state index is 0.00874. The van der Waals surface area contributed by atoms with E-state index in [1.807, 2.05) is 0 Å². The highest BCUT2D eigenvalue weighted by molar-refractivity contribution is 5.90. The van der Waals surface area contributed by atoms with Gasteiger partial charge in [0.2, 0.25) is 0 Å². The Hall–Kier alpha value is -1.68. The number of ether oxygens (including phenoxy) is 1. The number of rotatable bonds is 4. The zero-order valence-electron chi connectivity index (χ0n) is 8.94. The average molecular weight is 224 g/mol. The van der Waals surface area contributed by atoms with E-state index in [1.165, 1.54) is 19.3 Å². The first-order valence-electron chi connectivity index (χ1n) is 4.85. The summed E-state index contributed by atoms with van der Waals surface area (Å²) in [5.41, 5.74) is 0.213. The van der Waals surface area contributed by atoms with Crippen LogP contribution in [0.4, 0.5) is 4.39 Å². The van der Waals surface area contributed by atoms with Crippen LogP contribution in [0.15, 0.2) is 24.3 Å². The van der Waals surface area contributed by atoms with Crippen LogP contribution in [0.2, 0.25) is 0 Å². The molecule has 0 unspecified atom stereocenters. The lowest BCUT2D eigenvalue weighted by molar-refractivity contribution is 0.0595. The van der Waals surface area contributed by atoms with Crippen LogP contribution in [0.5, 0.6) is 0 Å². The Bertz CT molecular complexity index is 399. The fraction of sp³-hybridized carbons (Fsp3) is 0.250. The first kappa shape index (κ1) is 12.4. The SMILES string of the molecule is COC(=O)c1cccc(C=CCCO)c1F. The van der Waals surface area contributed by atoms with Gasteiger partial charge in [-0.2, -0.15) is 0 Å². The van der Waals surface area contributed by atoms with Gasteiger partial charge in [-0.3, -0.25) is 0 Å². The third-order valence-electron chi connectivity index (χ3n) is 2.03. The van der Waals surface area contributed by atoms with Crippen molar-refractivity contribution in [3.05, 3.63) is 41.2 Å². The van der Waals surface area contributed by atoms with Gasteiger partial charge in [-0.1, -0.05) is 24.3 Å². The third-order valence-corrected chi connectivity index (χ3v) is 2.03. The van der Waals surface area contributed by atoms with E-state index in [-0.39, 0.29) is 12.2 Å². The van der Waals surface area contributed by atoms with Crippen LogP contribution in [0.1, 0.15) is 22.3 Å². The fourth-order valence-electron chi connectivity index (χ4n) is 1.23. The Labute approximate surface area is 93.2 Å². The van der Waals surface area contributed by atoms with E-state index in [2.05, 4.69) is 4.74 Å². The Morgan fingerprint density at radius 1 is 1.56 bits per heavy atom. The van der Waals surface area contributed by atoms with Crippen molar-refractivity contribution in [3.63, 3.8) is 0 Å². The summed E-state index contributed by atoms with van der Waals surface area (Å²) >= 11 is 0. The first-order valence-corrected chi connectivity index (χ1v) is 4.85. The maximum atomic E-state index is 13.7. The maximum Gasteiger partial charge on any atom is 0.340 e. The van der Waals surface area contributed by atoms with E-state index < -0.39 is 11.8 Å². The van der Waals surface area contributed by atoms with Crippen molar-refractivity contribution in [2.45, 2.75) is 6.42 Å². The largest absolute Gasteiger partial charge is 0.465 e. The number of halogens is 1. The topological polar surface area (TPSA) is 46.5 Å². The Morgan fingerprint density at radius 2 is 2.31 bits per heavy atom. The van der Waals surface area contributed by atoms with Crippen LogP contribution in [0, 0.1) is 5.82 Å². The number of hydrogen-bond acceptors (Lipinski definition) is 3.